The van der Waals surface area contributed by atoms with E-state index in [2.05, 4.69) is 0 Å². The van der Waals surface area contributed by atoms with Crippen molar-refractivity contribution in [2.45, 2.75) is 9.79 Å². The van der Waals surface area contributed by atoms with Gasteiger partial charge in [0, 0.05) is 5.56 Å². The Hall–Kier alpha value is -0.610. The van der Waals surface area contributed by atoms with E-state index in [1.807, 2.05) is 24.6 Å². The first kappa shape index (κ1) is 11.5. The van der Waals surface area contributed by atoms with Crippen molar-refractivity contribution >= 4 is 29.8 Å². The molecule has 0 atom stereocenters. The zero-order valence-corrected chi connectivity index (χ0v) is 10.00. The molecule has 2 nitrogen and oxygen atoms in total. The average molecular weight is 228 g/mol. The average Bonchev–Trinajstić information content (AvgIpc) is 2.26. The molecule has 14 heavy (non-hydrogen) atoms. The lowest BCUT2D eigenvalue weighted by Gasteiger charge is -2.11. The molecule has 0 N–H and O–H groups in total. The summed E-state index contributed by atoms with van der Waals surface area (Å²) in [4.78, 5) is 12.7. The van der Waals surface area contributed by atoms with Crippen molar-refractivity contribution in [3.8, 4) is 5.75 Å². The first-order valence-electron chi connectivity index (χ1n) is 4.02. The van der Waals surface area contributed by atoms with Gasteiger partial charge in [0.25, 0.3) is 0 Å². The molecule has 1 rings (SSSR count). The quantitative estimate of drug-likeness (QED) is 0.584. The number of thioether (sulfide) groups is 2. The van der Waals surface area contributed by atoms with Crippen LogP contribution in [0.15, 0.2) is 21.9 Å². The molecule has 0 amide bonds. The molecule has 0 fully saturated rings. The summed E-state index contributed by atoms with van der Waals surface area (Å²) in [5.74, 6) is 0.857. The number of benzene rings is 1. The third kappa shape index (κ3) is 2.25. The maximum Gasteiger partial charge on any atom is 0.150 e. The van der Waals surface area contributed by atoms with Gasteiger partial charge in [0.05, 0.1) is 16.9 Å². The predicted molar refractivity (Wildman–Crippen MR) is 61.9 cm³/mol. The molecule has 0 heterocycles. The van der Waals surface area contributed by atoms with Crippen molar-refractivity contribution in [2.24, 2.45) is 0 Å². The second-order valence-electron chi connectivity index (χ2n) is 2.58. The number of carbonyl (C=O) groups is 1. The van der Waals surface area contributed by atoms with Gasteiger partial charge in [-0.25, -0.2) is 0 Å². The summed E-state index contributed by atoms with van der Waals surface area (Å²) in [5.41, 5.74) is 0.694. The molecule has 0 unspecified atom stereocenters. The minimum Gasteiger partial charge on any atom is -0.494 e. The van der Waals surface area contributed by atoms with E-state index in [1.165, 1.54) is 0 Å². The van der Waals surface area contributed by atoms with Gasteiger partial charge in [-0.05, 0) is 24.6 Å². The third-order valence-corrected chi connectivity index (χ3v) is 3.31. The standard InChI is InChI=1S/C10H12O2S2/c1-12-10-8(13-2)4-7(6-11)5-9(10)14-3/h4-6H,1-3H3. The lowest BCUT2D eigenvalue weighted by Crippen LogP contribution is -1.91. The summed E-state index contributed by atoms with van der Waals surface area (Å²) in [6.45, 7) is 0. The Balaban J connectivity index is 3.31. The van der Waals surface area contributed by atoms with Crippen LogP contribution in [0.4, 0.5) is 0 Å². The lowest BCUT2D eigenvalue weighted by molar-refractivity contribution is 0.112. The molecule has 1 aromatic rings. The van der Waals surface area contributed by atoms with Gasteiger partial charge in [-0.1, -0.05) is 0 Å². The molecule has 76 valence electrons. The summed E-state index contributed by atoms with van der Waals surface area (Å²) in [6.07, 6.45) is 4.80. The van der Waals surface area contributed by atoms with E-state index in [0.29, 0.717) is 5.56 Å². The first-order chi connectivity index (χ1) is 6.76. The molecule has 0 saturated heterocycles. The number of rotatable bonds is 4. The van der Waals surface area contributed by atoms with Crippen LogP contribution in [0.5, 0.6) is 5.75 Å². The SMILES string of the molecule is COc1c(SC)cc(C=O)cc1SC. The summed E-state index contributed by atoms with van der Waals surface area (Å²) in [7, 11) is 1.65. The van der Waals surface area contributed by atoms with Crippen molar-refractivity contribution in [1.82, 2.24) is 0 Å². The normalized spacial score (nSPS) is 9.93. The summed E-state index contributed by atoms with van der Waals surface area (Å²) in [5, 5.41) is 0. The third-order valence-electron chi connectivity index (χ3n) is 1.82. The fraction of sp³-hybridized carbons (Fsp3) is 0.300. The van der Waals surface area contributed by atoms with E-state index < -0.39 is 0 Å². The highest BCUT2D eigenvalue weighted by Gasteiger charge is 2.09. The molecule has 0 aliphatic rings. The van der Waals surface area contributed by atoms with Crippen LogP contribution in [0.2, 0.25) is 0 Å². The number of methoxy groups -OCH3 is 1. The Bertz CT molecular complexity index is 312. The van der Waals surface area contributed by atoms with E-state index in [4.69, 9.17) is 4.74 Å². The Morgan fingerprint density at radius 2 is 1.71 bits per heavy atom. The Morgan fingerprint density at radius 3 is 2.00 bits per heavy atom. The van der Waals surface area contributed by atoms with Crippen LogP contribution in [-0.2, 0) is 0 Å². The zero-order valence-electron chi connectivity index (χ0n) is 8.37. The maximum absolute atomic E-state index is 10.7. The maximum atomic E-state index is 10.7. The van der Waals surface area contributed by atoms with Crippen molar-refractivity contribution in [2.75, 3.05) is 19.6 Å². The first-order valence-corrected chi connectivity index (χ1v) is 6.47. The van der Waals surface area contributed by atoms with Crippen molar-refractivity contribution in [1.29, 1.82) is 0 Å². The molecular weight excluding hydrogens is 216 g/mol. The van der Waals surface area contributed by atoms with Crippen LogP contribution < -0.4 is 4.74 Å². The lowest BCUT2D eigenvalue weighted by atomic mass is 10.2. The summed E-state index contributed by atoms with van der Waals surface area (Å²) in [6, 6.07) is 3.69. The van der Waals surface area contributed by atoms with Gasteiger partial charge in [0.15, 0.2) is 0 Å². The number of hydrogen-bond acceptors (Lipinski definition) is 4. The highest BCUT2D eigenvalue weighted by atomic mass is 32.2. The van der Waals surface area contributed by atoms with E-state index in [9.17, 15) is 4.79 Å². The molecule has 1 aromatic carbocycles. The fourth-order valence-electron chi connectivity index (χ4n) is 1.17. The number of hydrogen-bond donors (Lipinski definition) is 0. The van der Waals surface area contributed by atoms with E-state index in [1.54, 1.807) is 30.6 Å². The zero-order chi connectivity index (χ0) is 10.6. The van der Waals surface area contributed by atoms with Gasteiger partial charge in [-0.3, -0.25) is 4.79 Å². The van der Waals surface area contributed by atoms with Gasteiger partial charge in [-0.2, -0.15) is 0 Å². The van der Waals surface area contributed by atoms with Crippen LogP contribution in [-0.4, -0.2) is 25.9 Å². The van der Waals surface area contributed by atoms with E-state index in [-0.39, 0.29) is 0 Å². The molecule has 0 aliphatic carbocycles. The highest BCUT2D eigenvalue weighted by molar-refractivity contribution is 7.99. The fourth-order valence-corrected chi connectivity index (χ4v) is 2.50. The van der Waals surface area contributed by atoms with E-state index in [0.717, 1.165) is 21.8 Å². The number of aldehydes is 1. The monoisotopic (exact) mass is 228 g/mol. The second kappa shape index (κ2) is 5.32. The number of ether oxygens (including phenoxy) is 1. The van der Waals surface area contributed by atoms with Gasteiger partial charge >= 0.3 is 0 Å². The predicted octanol–water partition coefficient (Wildman–Crippen LogP) is 2.95. The molecule has 0 bridgehead atoms. The van der Waals surface area contributed by atoms with Crippen LogP contribution >= 0.6 is 23.5 Å². The van der Waals surface area contributed by atoms with Crippen LogP contribution in [0.1, 0.15) is 10.4 Å². The molecule has 0 radical (unpaired) electrons. The Labute approximate surface area is 92.4 Å². The number of carbonyl (C=O) groups excluding carboxylic acids is 1. The molecule has 0 aromatic heterocycles. The van der Waals surface area contributed by atoms with Crippen LogP contribution in [0.3, 0.4) is 0 Å². The van der Waals surface area contributed by atoms with E-state index >= 15 is 0 Å². The minimum atomic E-state index is 0.694. The second-order valence-corrected chi connectivity index (χ2v) is 4.27. The molecule has 0 saturated carbocycles. The van der Waals surface area contributed by atoms with Crippen LogP contribution in [0, 0.1) is 0 Å². The molecule has 0 aliphatic heterocycles. The topological polar surface area (TPSA) is 26.3 Å². The Morgan fingerprint density at radius 1 is 1.21 bits per heavy atom. The molecule has 0 spiro atoms. The van der Waals surface area contributed by atoms with Crippen molar-refractivity contribution in [3.63, 3.8) is 0 Å². The largest absolute Gasteiger partial charge is 0.494 e. The van der Waals surface area contributed by atoms with Crippen molar-refractivity contribution < 1.29 is 9.53 Å². The van der Waals surface area contributed by atoms with Gasteiger partial charge in [0.2, 0.25) is 0 Å². The highest BCUT2D eigenvalue weighted by Crippen LogP contribution is 2.37. The smallest absolute Gasteiger partial charge is 0.150 e. The molecular formula is C10H12O2S2. The van der Waals surface area contributed by atoms with Gasteiger partial charge in [0.1, 0.15) is 12.0 Å². The van der Waals surface area contributed by atoms with Crippen molar-refractivity contribution in [3.05, 3.63) is 17.7 Å². The van der Waals surface area contributed by atoms with Crippen LogP contribution in [0.25, 0.3) is 0 Å². The minimum absolute atomic E-state index is 0.694. The summed E-state index contributed by atoms with van der Waals surface area (Å²) < 4.78 is 5.30. The summed E-state index contributed by atoms with van der Waals surface area (Å²) >= 11 is 3.16. The van der Waals surface area contributed by atoms with Gasteiger partial charge < -0.3 is 4.74 Å². The van der Waals surface area contributed by atoms with Gasteiger partial charge in [-0.15, -0.1) is 23.5 Å². The molecule has 4 heteroatoms. The Kier molecular flexibility index (Phi) is 4.35.